The molecule has 3 nitrogen and oxygen atoms in total. The molecule has 0 saturated heterocycles. The molecule has 0 atom stereocenters. The van der Waals surface area contributed by atoms with Crippen molar-refractivity contribution in [2.24, 2.45) is 0 Å². The van der Waals surface area contributed by atoms with Crippen LogP contribution in [0.1, 0.15) is 18.1 Å². The van der Waals surface area contributed by atoms with Gasteiger partial charge in [0.25, 0.3) is 0 Å². The summed E-state index contributed by atoms with van der Waals surface area (Å²) in [6, 6.07) is 8.53. The summed E-state index contributed by atoms with van der Waals surface area (Å²) in [5, 5.41) is 3.16. The molecule has 0 radical (unpaired) electrons. The number of ether oxygens (including phenoxy) is 1. The minimum Gasteiger partial charge on any atom is -0.489 e. The van der Waals surface area contributed by atoms with Crippen molar-refractivity contribution in [3.8, 4) is 5.75 Å². The lowest BCUT2D eigenvalue weighted by Gasteiger charge is -2.09. The summed E-state index contributed by atoms with van der Waals surface area (Å²) in [6.45, 7) is 3.89. The lowest BCUT2D eigenvalue weighted by Crippen LogP contribution is -2.12. The molecule has 1 heterocycles. The van der Waals surface area contributed by atoms with Crippen LogP contribution in [0.5, 0.6) is 5.75 Å². The molecule has 0 aliphatic rings. The second-order valence-electron chi connectivity index (χ2n) is 4.23. The SMILES string of the molecule is CCNCc1cc(F)cc(OCc2cccnc2)c1. The fraction of sp³-hybridized carbons (Fsp3) is 0.267. The summed E-state index contributed by atoms with van der Waals surface area (Å²) in [7, 11) is 0. The largest absolute Gasteiger partial charge is 0.489 e. The van der Waals surface area contributed by atoms with Gasteiger partial charge in [-0.1, -0.05) is 13.0 Å². The van der Waals surface area contributed by atoms with E-state index in [-0.39, 0.29) is 5.82 Å². The van der Waals surface area contributed by atoms with Gasteiger partial charge in [0, 0.05) is 30.6 Å². The Morgan fingerprint density at radius 1 is 1.26 bits per heavy atom. The van der Waals surface area contributed by atoms with E-state index >= 15 is 0 Å². The van der Waals surface area contributed by atoms with E-state index in [9.17, 15) is 4.39 Å². The van der Waals surface area contributed by atoms with E-state index in [0.717, 1.165) is 17.7 Å². The van der Waals surface area contributed by atoms with Crippen LogP contribution in [0.3, 0.4) is 0 Å². The zero-order chi connectivity index (χ0) is 13.5. The van der Waals surface area contributed by atoms with Crippen molar-refractivity contribution >= 4 is 0 Å². The Bertz CT molecular complexity index is 517. The number of benzene rings is 1. The van der Waals surface area contributed by atoms with Gasteiger partial charge in [-0.25, -0.2) is 4.39 Å². The molecule has 0 unspecified atom stereocenters. The van der Waals surface area contributed by atoms with Gasteiger partial charge in [0.05, 0.1) is 0 Å². The summed E-state index contributed by atoms with van der Waals surface area (Å²) in [5.41, 5.74) is 1.84. The molecule has 0 fully saturated rings. The second-order valence-corrected chi connectivity index (χ2v) is 4.23. The van der Waals surface area contributed by atoms with E-state index in [0.29, 0.717) is 18.9 Å². The molecule has 2 rings (SSSR count). The Morgan fingerprint density at radius 2 is 2.16 bits per heavy atom. The van der Waals surface area contributed by atoms with Crippen molar-refractivity contribution in [3.63, 3.8) is 0 Å². The smallest absolute Gasteiger partial charge is 0.127 e. The van der Waals surface area contributed by atoms with Crippen molar-refractivity contribution in [3.05, 3.63) is 59.7 Å². The number of rotatable bonds is 6. The topological polar surface area (TPSA) is 34.1 Å². The maximum atomic E-state index is 13.5. The second kappa shape index (κ2) is 6.85. The normalized spacial score (nSPS) is 10.4. The third kappa shape index (κ3) is 4.34. The van der Waals surface area contributed by atoms with Crippen molar-refractivity contribution < 1.29 is 9.13 Å². The van der Waals surface area contributed by atoms with Crippen LogP contribution in [0.15, 0.2) is 42.7 Å². The van der Waals surface area contributed by atoms with Gasteiger partial charge in [0.15, 0.2) is 0 Å². The van der Waals surface area contributed by atoms with Crippen LogP contribution in [0.2, 0.25) is 0 Å². The first kappa shape index (κ1) is 13.5. The predicted molar refractivity (Wildman–Crippen MR) is 72.3 cm³/mol. The number of hydrogen-bond acceptors (Lipinski definition) is 3. The molecule has 0 saturated carbocycles. The van der Waals surface area contributed by atoms with Crippen LogP contribution < -0.4 is 10.1 Å². The third-order valence-electron chi connectivity index (χ3n) is 2.64. The van der Waals surface area contributed by atoms with Gasteiger partial charge in [0.1, 0.15) is 18.2 Å². The highest BCUT2D eigenvalue weighted by molar-refractivity contribution is 5.30. The zero-order valence-corrected chi connectivity index (χ0v) is 10.9. The van der Waals surface area contributed by atoms with Crippen LogP contribution >= 0.6 is 0 Å². The first-order chi connectivity index (χ1) is 9.28. The number of nitrogens with one attached hydrogen (secondary N) is 1. The molecule has 19 heavy (non-hydrogen) atoms. The van der Waals surface area contributed by atoms with E-state index in [4.69, 9.17) is 4.74 Å². The molecular weight excluding hydrogens is 243 g/mol. The van der Waals surface area contributed by atoms with Gasteiger partial charge in [-0.15, -0.1) is 0 Å². The third-order valence-corrected chi connectivity index (χ3v) is 2.64. The Labute approximate surface area is 112 Å². The highest BCUT2D eigenvalue weighted by Crippen LogP contribution is 2.17. The van der Waals surface area contributed by atoms with Gasteiger partial charge < -0.3 is 10.1 Å². The average Bonchev–Trinajstić information content (AvgIpc) is 2.43. The van der Waals surface area contributed by atoms with Crippen molar-refractivity contribution in [1.82, 2.24) is 10.3 Å². The van der Waals surface area contributed by atoms with E-state index in [1.54, 1.807) is 12.4 Å². The lowest BCUT2D eigenvalue weighted by atomic mass is 10.2. The molecule has 0 aliphatic carbocycles. The number of hydrogen-bond donors (Lipinski definition) is 1. The molecule has 0 spiro atoms. The summed E-state index contributed by atoms with van der Waals surface area (Å²) in [6.07, 6.45) is 3.44. The predicted octanol–water partition coefficient (Wildman–Crippen LogP) is 2.91. The molecule has 100 valence electrons. The van der Waals surface area contributed by atoms with Gasteiger partial charge >= 0.3 is 0 Å². The minimum absolute atomic E-state index is 0.281. The summed E-state index contributed by atoms with van der Waals surface area (Å²) in [4.78, 5) is 4.01. The Morgan fingerprint density at radius 3 is 2.89 bits per heavy atom. The van der Waals surface area contributed by atoms with Gasteiger partial charge in [0.2, 0.25) is 0 Å². The number of halogens is 1. The molecular formula is C15H17FN2O. The number of pyridine rings is 1. The quantitative estimate of drug-likeness (QED) is 0.867. The van der Waals surface area contributed by atoms with Gasteiger partial charge in [-0.05, 0) is 30.3 Å². The number of nitrogens with zero attached hydrogens (tertiary/aromatic N) is 1. The molecule has 0 amide bonds. The first-order valence-electron chi connectivity index (χ1n) is 6.30. The first-order valence-corrected chi connectivity index (χ1v) is 6.30. The van der Waals surface area contributed by atoms with Crippen LogP contribution in [0, 0.1) is 5.82 Å². The van der Waals surface area contributed by atoms with Crippen LogP contribution in [0.4, 0.5) is 4.39 Å². The number of aromatic nitrogens is 1. The Kier molecular flexibility index (Phi) is 4.86. The maximum absolute atomic E-state index is 13.5. The molecule has 0 aliphatic heterocycles. The Balaban J connectivity index is 2.01. The van der Waals surface area contributed by atoms with E-state index in [1.807, 2.05) is 25.1 Å². The highest BCUT2D eigenvalue weighted by atomic mass is 19.1. The molecule has 2 aromatic rings. The van der Waals surface area contributed by atoms with E-state index in [1.165, 1.54) is 12.1 Å². The van der Waals surface area contributed by atoms with Crippen molar-refractivity contribution in [2.45, 2.75) is 20.1 Å². The van der Waals surface area contributed by atoms with Crippen molar-refractivity contribution in [1.29, 1.82) is 0 Å². The highest BCUT2D eigenvalue weighted by Gasteiger charge is 2.02. The molecule has 1 N–H and O–H groups in total. The standard InChI is InChI=1S/C15H17FN2O/c1-2-17-10-13-6-14(16)8-15(7-13)19-11-12-4-3-5-18-9-12/h3-9,17H,2,10-11H2,1H3. The average molecular weight is 260 g/mol. The van der Waals surface area contributed by atoms with Crippen molar-refractivity contribution in [2.75, 3.05) is 6.54 Å². The fourth-order valence-electron chi connectivity index (χ4n) is 1.73. The van der Waals surface area contributed by atoms with E-state index < -0.39 is 0 Å². The molecule has 1 aromatic heterocycles. The van der Waals surface area contributed by atoms with Crippen LogP contribution in [0.25, 0.3) is 0 Å². The minimum atomic E-state index is -0.281. The fourth-order valence-corrected chi connectivity index (χ4v) is 1.73. The molecule has 4 heteroatoms. The summed E-state index contributed by atoms with van der Waals surface area (Å²) >= 11 is 0. The summed E-state index contributed by atoms with van der Waals surface area (Å²) in [5.74, 6) is 0.258. The lowest BCUT2D eigenvalue weighted by molar-refractivity contribution is 0.303. The zero-order valence-electron chi connectivity index (χ0n) is 10.9. The molecule has 0 bridgehead atoms. The summed E-state index contributed by atoms with van der Waals surface area (Å²) < 4.78 is 19.0. The van der Waals surface area contributed by atoms with E-state index in [2.05, 4.69) is 10.3 Å². The van der Waals surface area contributed by atoms with Gasteiger partial charge in [-0.3, -0.25) is 4.98 Å². The van der Waals surface area contributed by atoms with Gasteiger partial charge in [-0.2, -0.15) is 0 Å². The Hall–Kier alpha value is -1.94. The van der Waals surface area contributed by atoms with Crippen LogP contribution in [-0.4, -0.2) is 11.5 Å². The van der Waals surface area contributed by atoms with Crippen LogP contribution in [-0.2, 0) is 13.2 Å². The molecule has 1 aromatic carbocycles. The maximum Gasteiger partial charge on any atom is 0.127 e. The monoisotopic (exact) mass is 260 g/mol.